The first kappa shape index (κ1) is 14.6. The molecule has 4 rings (SSSR count). The molecule has 0 amide bonds. The predicted octanol–water partition coefficient (Wildman–Crippen LogP) is 4.55. The van der Waals surface area contributed by atoms with Crippen LogP contribution >= 0.6 is 27.5 Å². The van der Waals surface area contributed by atoms with Gasteiger partial charge in [0.2, 0.25) is 5.28 Å². The lowest BCUT2D eigenvalue weighted by atomic mass is 10.1. The van der Waals surface area contributed by atoms with E-state index < -0.39 is 0 Å². The average molecular weight is 395 g/mol. The zero-order valence-corrected chi connectivity index (χ0v) is 14.3. The summed E-state index contributed by atoms with van der Waals surface area (Å²) in [5.74, 6) is -0.327. The molecule has 0 aliphatic heterocycles. The minimum atomic E-state index is -0.327. The number of hydrogen-bond acceptors (Lipinski definition) is 3. The molecule has 5 nitrogen and oxygen atoms in total. The predicted molar refractivity (Wildman–Crippen MR) is 91.0 cm³/mol. The molecule has 1 N–H and O–H groups in total. The number of aromatic nitrogens is 5. The normalized spacial score (nSPS) is 11.7. The molecule has 4 aromatic rings. The number of halogens is 3. The van der Waals surface area contributed by atoms with Crippen LogP contribution in [0.4, 0.5) is 4.39 Å². The molecule has 0 bridgehead atoms. The minimum Gasteiger partial charge on any atom is -0.360 e. The summed E-state index contributed by atoms with van der Waals surface area (Å²) in [5.41, 5.74) is 3.45. The number of nitrogens with one attached hydrogen (secondary N) is 1. The summed E-state index contributed by atoms with van der Waals surface area (Å²) in [7, 11) is 0. The van der Waals surface area contributed by atoms with Gasteiger partial charge < -0.3 is 4.98 Å². The van der Waals surface area contributed by atoms with Crippen LogP contribution in [0.3, 0.4) is 0 Å². The zero-order valence-electron chi connectivity index (χ0n) is 11.9. The number of benzene rings is 1. The SMILES string of the molecule is CCn1cc2nc(Cl)nc(-c3c[nH]c4cc(F)c(Br)cc34)c2n1. The molecule has 116 valence electrons. The van der Waals surface area contributed by atoms with Crippen molar-refractivity contribution in [1.82, 2.24) is 24.7 Å². The van der Waals surface area contributed by atoms with Gasteiger partial charge in [0.15, 0.2) is 0 Å². The quantitative estimate of drug-likeness (QED) is 0.507. The Morgan fingerprint density at radius 2 is 2.17 bits per heavy atom. The maximum Gasteiger partial charge on any atom is 0.223 e. The van der Waals surface area contributed by atoms with Gasteiger partial charge in [-0.1, -0.05) is 0 Å². The lowest BCUT2D eigenvalue weighted by Gasteiger charge is -2.02. The molecule has 0 aliphatic carbocycles. The molecule has 3 heterocycles. The standard InChI is InChI=1S/C15H10BrClFN5/c1-2-23-6-12-14(22-23)13(21-15(17)20-12)8-5-19-11-4-10(18)9(16)3-7(8)11/h3-6,19H,2H2,1H3. The van der Waals surface area contributed by atoms with Gasteiger partial charge in [0.05, 0.1) is 10.7 Å². The Morgan fingerprint density at radius 3 is 2.96 bits per heavy atom. The molecule has 8 heteroatoms. The van der Waals surface area contributed by atoms with Crippen LogP contribution in [-0.4, -0.2) is 24.7 Å². The summed E-state index contributed by atoms with van der Waals surface area (Å²) in [6, 6.07) is 3.16. The van der Waals surface area contributed by atoms with Crippen molar-refractivity contribution in [3.05, 3.63) is 40.1 Å². The first-order valence-corrected chi connectivity index (χ1v) is 8.11. The summed E-state index contributed by atoms with van der Waals surface area (Å²) < 4.78 is 15.9. The Hall–Kier alpha value is -1.99. The highest BCUT2D eigenvalue weighted by Gasteiger charge is 2.17. The molecule has 0 unspecified atom stereocenters. The fraction of sp³-hybridized carbons (Fsp3) is 0.133. The summed E-state index contributed by atoms with van der Waals surface area (Å²) >= 11 is 9.28. The van der Waals surface area contributed by atoms with Crippen molar-refractivity contribution in [1.29, 1.82) is 0 Å². The van der Waals surface area contributed by atoms with E-state index in [1.54, 1.807) is 16.9 Å². The Bertz CT molecular complexity index is 1060. The van der Waals surface area contributed by atoms with Gasteiger partial charge in [-0.3, -0.25) is 4.68 Å². The van der Waals surface area contributed by atoms with Gasteiger partial charge in [-0.05, 0) is 46.6 Å². The van der Waals surface area contributed by atoms with Crippen LogP contribution < -0.4 is 0 Å². The number of H-pyrrole nitrogens is 1. The monoisotopic (exact) mass is 393 g/mol. The van der Waals surface area contributed by atoms with Crippen LogP contribution in [-0.2, 0) is 6.54 Å². The molecule has 0 aliphatic rings. The van der Waals surface area contributed by atoms with E-state index in [9.17, 15) is 4.39 Å². The Morgan fingerprint density at radius 1 is 1.35 bits per heavy atom. The second kappa shape index (κ2) is 5.28. The van der Waals surface area contributed by atoms with Crippen LogP contribution in [0.1, 0.15) is 6.92 Å². The number of fused-ring (bicyclic) bond motifs is 2. The van der Waals surface area contributed by atoms with Crippen LogP contribution in [0, 0.1) is 5.82 Å². The third-order valence-corrected chi connectivity index (χ3v) is 4.46. The van der Waals surface area contributed by atoms with Crippen LogP contribution in [0.2, 0.25) is 5.28 Å². The second-order valence-corrected chi connectivity index (χ2v) is 6.27. The van der Waals surface area contributed by atoms with Gasteiger partial charge in [-0.2, -0.15) is 5.10 Å². The minimum absolute atomic E-state index is 0.152. The summed E-state index contributed by atoms with van der Waals surface area (Å²) in [6.45, 7) is 2.71. The zero-order chi connectivity index (χ0) is 16.1. The maximum absolute atomic E-state index is 13.7. The third kappa shape index (κ3) is 2.31. The average Bonchev–Trinajstić information content (AvgIpc) is 3.10. The number of nitrogens with zero attached hydrogens (tertiary/aromatic N) is 4. The van der Waals surface area contributed by atoms with Gasteiger partial charge in [0.1, 0.15) is 22.5 Å². The van der Waals surface area contributed by atoms with E-state index in [2.05, 4.69) is 36.0 Å². The van der Waals surface area contributed by atoms with Gasteiger partial charge in [-0.25, -0.2) is 14.4 Å². The lowest BCUT2D eigenvalue weighted by molar-refractivity contribution is 0.623. The Labute approximate surface area is 143 Å². The highest BCUT2D eigenvalue weighted by atomic mass is 79.9. The van der Waals surface area contributed by atoms with Crippen molar-refractivity contribution in [3.63, 3.8) is 0 Å². The molecule has 23 heavy (non-hydrogen) atoms. The smallest absolute Gasteiger partial charge is 0.223 e. The molecule has 0 fully saturated rings. The van der Waals surface area contributed by atoms with E-state index in [1.165, 1.54) is 6.07 Å². The molecule has 0 saturated carbocycles. The molecule has 0 radical (unpaired) electrons. The molecule has 0 spiro atoms. The van der Waals surface area contributed by atoms with Gasteiger partial charge in [-0.15, -0.1) is 0 Å². The van der Waals surface area contributed by atoms with Crippen molar-refractivity contribution in [2.24, 2.45) is 0 Å². The van der Waals surface area contributed by atoms with Crippen molar-refractivity contribution < 1.29 is 4.39 Å². The fourth-order valence-electron chi connectivity index (χ4n) is 2.59. The summed E-state index contributed by atoms with van der Waals surface area (Å²) in [5, 5.41) is 5.49. The Balaban J connectivity index is 2.06. The van der Waals surface area contributed by atoms with E-state index in [-0.39, 0.29) is 11.1 Å². The first-order valence-electron chi connectivity index (χ1n) is 6.94. The topological polar surface area (TPSA) is 59.4 Å². The summed E-state index contributed by atoms with van der Waals surface area (Å²) in [4.78, 5) is 11.6. The molecule has 3 aromatic heterocycles. The number of aromatic amines is 1. The third-order valence-electron chi connectivity index (χ3n) is 3.69. The van der Waals surface area contributed by atoms with E-state index in [0.717, 1.165) is 17.5 Å². The maximum atomic E-state index is 13.7. The fourth-order valence-corrected chi connectivity index (χ4v) is 3.11. The summed E-state index contributed by atoms with van der Waals surface area (Å²) in [6.07, 6.45) is 3.61. The Kier molecular flexibility index (Phi) is 3.35. The van der Waals surface area contributed by atoms with E-state index in [0.29, 0.717) is 26.7 Å². The van der Waals surface area contributed by atoms with Gasteiger partial charge in [0, 0.05) is 29.2 Å². The van der Waals surface area contributed by atoms with E-state index >= 15 is 0 Å². The van der Waals surface area contributed by atoms with Crippen molar-refractivity contribution in [2.45, 2.75) is 13.5 Å². The van der Waals surface area contributed by atoms with Gasteiger partial charge in [0.25, 0.3) is 0 Å². The largest absolute Gasteiger partial charge is 0.360 e. The molecule has 1 aromatic carbocycles. The lowest BCUT2D eigenvalue weighted by Crippen LogP contribution is -1.93. The number of rotatable bonds is 2. The first-order chi connectivity index (χ1) is 11.1. The van der Waals surface area contributed by atoms with Crippen LogP contribution in [0.15, 0.2) is 29.0 Å². The number of aryl methyl sites for hydroxylation is 1. The highest BCUT2D eigenvalue weighted by molar-refractivity contribution is 9.10. The molecular formula is C15H10BrClFN5. The van der Waals surface area contributed by atoms with E-state index in [1.807, 2.05) is 13.1 Å². The van der Waals surface area contributed by atoms with Crippen LogP contribution in [0.5, 0.6) is 0 Å². The van der Waals surface area contributed by atoms with Crippen molar-refractivity contribution in [3.8, 4) is 11.3 Å². The van der Waals surface area contributed by atoms with Crippen molar-refractivity contribution in [2.75, 3.05) is 0 Å². The highest BCUT2D eigenvalue weighted by Crippen LogP contribution is 2.34. The second-order valence-electron chi connectivity index (χ2n) is 5.07. The van der Waals surface area contributed by atoms with E-state index in [4.69, 9.17) is 11.6 Å². The molecule has 0 saturated heterocycles. The molecular weight excluding hydrogens is 385 g/mol. The van der Waals surface area contributed by atoms with Gasteiger partial charge >= 0.3 is 0 Å². The van der Waals surface area contributed by atoms with Crippen molar-refractivity contribution >= 4 is 49.5 Å². The van der Waals surface area contributed by atoms with Crippen LogP contribution in [0.25, 0.3) is 33.2 Å². The molecule has 0 atom stereocenters. The number of hydrogen-bond donors (Lipinski definition) is 1.